The van der Waals surface area contributed by atoms with Crippen LogP contribution in [0.25, 0.3) is 6.08 Å². The number of aryl methyl sites for hydroxylation is 1. The van der Waals surface area contributed by atoms with Crippen LogP contribution in [-0.2, 0) is 4.79 Å². The Morgan fingerprint density at radius 1 is 1.43 bits per heavy atom. The predicted molar refractivity (Wildman–Crippen MR) is 62.6 cm³/mol. The molecule has 0 unspecified atom stereocenters. The molecule has 0 fully saturated rings. The normalized spacial score (nSPS) is 12.2. The van der Waals surface area contributed by atoms with Crippen molar-refractivity contribution in [3.05, 3.63) is 27.5 Å². The quantitative estimate of drug-likeness (QED) is 0.692. The molecule has 1 rings (SSSR count). The number of thiophene rings is 1. The number of allylic oxidation sites excluding steroid dienone is 1. The zero-order valence-corrected chi connectivity index (χ0v) is 9.94. The number of Topliss-reactive ketones (excluding diaryl/α,β-unsaturated/α-hetero) is 1. The SMILES string of the molecule is CC(=O)/C(=C/c1ccc(C)s1)C(C)C. The topological polar surface area (TPSA) is 17.1 Å². The highest BCUT2D eigenvalue weighted by atomic mass is 32.1. The first-order chi connectivity index (χ1) is 6.50. The molecule has 0 N–H and O–H groups in total. The molecule has 0 aliphatic heterocycles. The standard InChI is InChI=1S/C12H16OS/c1-8(2)12(10(4)13)7-11-6-5-9(3)14-11/h5-8H,1-4H3/b12-7+. The summed E-state index contributed by atoms with van der Waals surface area (Å²) >= 11 is 1.72. The Hall–Kier alpha value is -0.890. The van der Waals surface area contributed by atoms with E-state index in [0.717, 1.165) is 5.57 Å². The van der Waals surface area contributed by atoms with Crippen molar-refractivity contribution in [1.29, 1.82) is 0 Å². The number of hydrogen-bond acceptors (Lipinski definition) is 2. The van der Waals surface area contributed by atoms with E-state index in [1.54, 1.807) is 18.3 Å². The van der Waals surface area contributed by atoms with Gasteiger partial charge in [0.1, 0.15) is 0 Å². The van der Waals surface area contributed by atoms with Gasteiger partial charge in [-0.05, 0) is 43.5 Å². The molecule has 1 aromatic rings. The molecule has 76 valence electrons. The van der Waals surface area contributed by atoms with Crippen molar-refractivity contribution in [2.45, 2.75) is 27.7 Å². The maximum absolute atomic E-state index is 11.3. The Kier molecular flexibility index (Phi) is 3.64. The number of ketones is 1. The van der Waals surface area contributed by atoms with Gasteiger partial charge in [0.05, 0.1) is 0 Å². The van der Waals surface area contributed by atoms with Crippen LogP contribution in [0.3, 0.4) is 0 Å². The average molecular weight is 208 g/mol. The minimum atomic E-state index is 0.172. The fraction of sp³-hybridized carbons (Fsp3) is 0.417. The molecule has 0 saturated carbocycles. The summed E-state index contributed by atoms with van der Waals surface area (Å²) in [5, 5.41) is 0. The largest absolute Gasteiger partial charge is 0.295 e. The molecule has 14 heavy (non-hydrogen) atoms. The molecule has 1 aromatic heterocycles. The first-order valence-corrected chi connectivity index (χ1v) is 5.61. The molecular formula is C12H16OS. The van der Waals surface area contributed by atoms with Crippen molar-refractivity contribution >= 4 is 23.2 Å². The second-order valence-electron chi connectivity index (χ2n) is 3.76. The molecule has 0 spiro atoms. The Balaban J connectivity index is 2.99. The molecule has 0 aliphatic carbocycles. The smallest absolute Gasteiger partial charge is 0.156 e. The van der Waals surface area contributed by atoms with Gasteiger partial charge >= 0.3 is 0 Å². The summed E-state index contributed by atoms with van der Waals surface area (Å²) in [5.41, 5.74) is 0.909. The molecule has 0 bridgehead atoms. The first kappa shape index (κ1) is 11.2. The molecule has 1 heterocycles. The van der Waals surface area contributed by atoms with E-state index < -0.39 is 0 Å². The monoisotopic (exact) mass is 208 g/mol. The lowest BCUT2D eigenvalue weighted by Crippen LogP contribution is -2.03. The van der Waals surface area contributed by atoms with Gasteiger partial charge < -0.3 is 0 Å². The van der Waals surface area contributed by atoms with E-state index in [0.29, 0.717) is 5.92 Å². The highest BCUT2D eigenvalue weighted by Gasteiger charge is 2.08. The fourth-order valence-electron chi connectivity index (χ4n) is 1.36. The van der Waals surface area contributed by atoms with Crippen molar-refractivity contribution in [2.75, 3.05) is 0 Å². The van der Waals surface area contributed by atoms with Crippen molar-refractivity contribution in [3.63, 3.8) is 0 Å². The Labute approximate surface area is 89.5 Å². The van der Waals surface area contributed by atoms with Gasteiger partial charge in [-0.25, -0.2) is 0 Å². The van der Waals surface area contributed by atoms with Crippen LogP contribution in [-0.4, -0.2) is 5.78 Å². The van der Waals surface area contributed by atoms with Gasteiger partial charge in [-0.15, -0.1) is 11.3 Å². The Morgan fingerprint density at radius 2 is 2.07 bits per heavy atom. The van der Waals surface area contributed by atoms with Gasteiger partial charge in [-0.3, -0.25) is 4.79 Å². The highest BCUT2D eigenvalue weighted by Crippen LogP contribution is 2.21. The van der Waals surface area contributed by atoms with E-state index in [2.05, 4.69) is 19.1 Å². The maximum Gasteiger partial charge on any atom is 0.156 e. The first-order valence-electron chi connectivity index (χ1n) is 4.79. The van der Waals surface area contributed by atoms with Crippen LogP contribution in [0.4, 0.5) is 0 Å². The minimum absolute atomic E-state index is 0.172. The van der Waals surface area contributed by atoms with E-state index in [-0.39, 0.29) is 5.78 Å². The van der Waals surface area contributed by atoms with Gasteiger partial charge in [0.2, 0.25) is 0 Å². The molecule has 0 atom stereocenters. The summed E-state index contributed by atoms with van der Waals surface area (Å²) in [6.45, 7) is 7.80. The molecule has 0 radical (unpaired) electrons. The third-order valence-electron chi connectivity index (χ3n) is 2.09. The lowest BCUT2D eigenvalue weighted by Gasteiger charge is -2.06. The van der Waals surface area contributed by atoms with Crippen molar-refractivity contribution in [3.8, 4) is 0 Å². The predicted octanol–water partition coefficient (Wildman–Crippen LogP) is 3.68. The fourth-order valence-corrected chi connectivity index (χ4v) is 2.19. The lowest BCUT2D eigenvalue weighted by atomic mass is 9.99. The summed E-state index contributed by atoms with van der Waals surface area (Å²) in [5.74, 6) is 0.473. The van der Waals surface area contributed by atoms with Gasteiger partial charge in [0.15, 0.2) is 5.78 Å². The van der Waals surface area contributed by atoms with Crippen molar-refractivity contribution in [2.24, 2.45) is 5.92 Å². The molecule has 0 aliphatic rings. The number of rotatable bonds is 3. The second-order valence-corrected chi connectivity index (χ2v) is 5.08. The second kappa shape index (κ2) is 4.56. The summed E-state index contributed by atoms with van der Waals surface area (Å²) < 4.78 is 0. The van der Waals surface area contributed by atoms with Gasteiger partial charge in [-0.1, -0.05) is 13.8 Å². The molecular weight excluding hydrogens is 192 g/mol. The molecule has 0 amide bonds. The molecule has 0 saturated heterocycles. The van der Waals surface area contributed by atoms with E-state index in [1.165, 1.54) is 9.75 Å². The summed E-state index contributed by atoms with van der Waals surface area (Å²) in [7, 11) is 0. The van der Waals surface area contributed by atoms with E-state index >= 15 is 0 Å². The Bertz CT molecular complexity index is 358. The van der Waals surface area contributed by atoms with E-state index in [9.17, 15) is 4.79 Å². The van der Waals surface area contributed by atoms with Gasteiger partial charge in [0.25, 0.3) is 0 Å². The average Bonchev–Trinajstić information content (AvgIpc) is 2.46. The van der Waals surface area contributed by atoms with E-state index in [1.807, 2.05) is 19.9 Å². The number of carbonyl (C=O) groups is 1. The van der Waals surface area contributed by atoms with Crippen LogP contribution in [0.15, 0.2) is 17.7 Å². The van der Waals surface area contributed by atoms with Crippen LogP contribution in [0.1, 0.15) is 30.5 Å². The van der Waals surface area contributed by atoms with Crippen molar-refractivity contribution in [1.82, 2.24) is 0 Å². The highest BCUT2D eigenvalue weighted by molar-refractivity contribution is 7.12. The Morgan fingerprint density at radius 3 is 2.43 bits per heavy atom. The summed E-state index contributed by atoms with van der Waals surface area (Å²) in [4.78, 5) is 13.8. The van der Waals surface area contributed by atoms with Crippen LogP contribution < -0.4 is 0 Å². The molecule has 0 aromatic carbocycles. The number of hydrogen-bond donors (Lipinski definition) is 0. The minimum Gasteiger partial charge on any atom is -0.295 e. The molecule has 2 heteroatoms. The maximum atomic E-state index is 11.3. The van der Waals surface area contributed by atoms with Crippen LogP contribution in [0, 0.1) is 12.8 Å². The third kappa shape index (κ3) is 2.81. The zero-order valence-electron chi connectivity index (χ0n) is 9.13. The zero-order chi connectivity index (χ0) is 10.7. The summed E-state index contributed by atoms with van der Waals surface area (Å²) in [6, 6.07) is 4.14. The van der Waals surface area contributed by atoms with E-state index in [4.69, 9.17) is 0 Å². The van der Waals surface area contributed by atoms with Gasteiger partial charge in [0, 0.05) is 9.75 Å². The molecule has 1 nitrogen and oxygen atoms in total. The van der Waals surface area contributed by atoms with Crippen LogP contribution in [0.2, 0.25) is 0 Å². The van der Waals surface area contributed by atoms with Gasteiger partial charge in [-0.2, -0.15) is 0 Å². The number of carbonyl (C=O) groups excluding carboxylic acids is 1. The summed E-state index contributed by atoms with van der Waals surface area (Å²) in [6.07, 6.45) is 2.00. The van der Waals surface area contributed by atoms with Crippen molar-refractivity contribution < 1.29 is 4.79 Å². The van der Waals surface area contributed by atoms with Crippen LogP contribution >= 0.6 is 11.3 Å². The lowest BCUT2D eigenvalue weighted by molar-refractivity contribution is -0.113. The third-order valence-corrected chi connectivity index (χ3v) is 3.04. The van der Waals surface area contributed by atoms with Crippen LogP contribution in [0.5, 0.6) is 0 Å².